The summed E-state index contributed by atoms with van der Waals surface area (Å²) in [5.74, 6) is 0.291. The highest BCUT2D eigenvalue weighted by molar-refractivity contribution is 9.10. The Morgan fingerprint density at radius 3 is 2.50 bits per heavy atom. The number of phenols is 1. The number of phenolic OH excluding ortho intramolecular Hbond substituents is 1. The average molecular weight is 351 g/mol. The molecule has 0 radical (unpaired) electrons. The zero-order valence-corrected chi connectivity index (χ0v) is 13.2. The number of nitrogens with one attached hydrogen (secondary N) is 1. The molecule has 0 aromatic heterocycles. The molecule has 2 aromatic carbocycles. The molecule has 104 valence electrons. The van der Waals surface area contributed by atoms with Gasteiger partial charge in [-0.2, -0.15) is 0 Å². The van der Waals surface area contributed by atoms with Gasteiger partial charge in [-0.15, -0.1) is 0 Å². The summed E-state index contributed by atoms with van der Waals surface area (Å²) in [6, 6.07) is 13.0. The van der Waals surface area contributed by atoms with E-state index in [1.54, 1.807) is 12.1 Å². The number of nitrogens with two attached hydrogens (primary N) is 1. The third kappa shape index (κ3) is 3.95. The predicted octanol–water partition coefficient (Wildman–Crippen LogP) is 3.44. The van der Waals surface area contributed by atoms with Crippen LogP contribution in [0.3, 0.4) is 0 Å². The summed E-state index contributed by atoms with van der Waals surface area (Å²) in [6.45, 7) is 0.809. The van der Waals surface area contributed by atoms with Crippen molar-refractivity contribution in [3.8, 4) is 5.75 Å². The average Bonchev–Trinajstić information content (AvgIpc) is 2.41. The molecule has 0 fully saturated rings. The summed E-state index contributed by atoms with van der Waals surface area (Å²) in [7, 11) is 0. The Labute approximate surface area is 131 Å². The fraction of sp³-hybridized carbons (Fsp3) is 0.133. The maximum absolute atomic E-state index is 9.22. The molecule has 0 aliphatic heterocycles. The van der Waals surface area contributed by atoms with Crippen LogP contribution in [0.2, 0.25) is 0 Å². The minimum absolute atomic E-state index is 0.291. The summed E-state index contributed by atoms with van der Waals surface area (Å²) >= 11 is 8.42. The van der Waals surface area contributed by atoms with E-state index in [-0.39, 0.29) is 0 Å². The molecule has 0 aliphatic rings. The lowest BCUT2D eigenvalue weighted by Gasteiger charge is -2.09. The van der Waals surface area contributed by atoms with E-state index in [1.165, 1.54) is 5.56 Å². The van der Waals surface area contributed by atoms with Crippen molar-refractivity contribution in [1.82, 2.24) is 0 Å². The summed E-state index contributed by atoms with van der Waals surface area (Å²) in [6.07, 6.45) is 0.884. The van der Waals surface area contributed by atoms with Crippen molar-refractivity contribution in [3.05, 3.63) is 58.1 Å². The number of benzene rings is 2. The van der Waals surface area contributed by atoms with Crippen LogP contribution in [0.1, 0.15) is 11.1 Å². The fourth-order valence-corrected chi connectivity index (χ4v) is 2.74. The third-order valence-electron chi connectivity index (χ3n) is 2.91. The van der Waals surface area contributed by atoms with Crippen molar-refractivity contribution in [1.29, 1.82) is 0 Å². The number of hydrogen-bond donors (Lipinski definition) is 3. The van der Waals surface area contributed by atoms with Gasteiger partial charge in [-0.05, 0) is 58.2 Å². The van der Waals surface area contributed by atoms with E-state index in [0.717, 1.165) is 28.7 Å². The Morgan fingerprint density at radius 2 is 1.90 bits per heavy atom. The second-order valence-electron chi connectivity index (χ2n) is 4.40. The van der Waals surface area contributed by atoms with Crippen LogP contribution in [0.4, 0.5) is 5.69 Å². The van der Waals surface area contributed by atoms with Crippen molar-refractivity contribution < 1.29 is 5.11 Å². The van der Waals surface area contributed by atoms with Crippen molar-refractivity contribution in [3.63, 3.8) is 0 Å². The Balaban J connectivity index is 1.92. The number of rotatable bonds is 5. The first-order valence-electron chi connectivity index (χ1n) is 6.17. The lowest BCUT2D eigenvalue weighted by Crippen LogP contribution is -2.11. The number of aromatic hydroxyl groups is 1. The van der Waals surface area contributed by atoms with Crippen LogP contribution in [-0.2, 0) is 6.42 Å². The molecule has 0 aliphatic carbocycles. The van der Waals surface area contributed by atoms with Crippen LogP contribution in [0.25, 0.3) is 0 Å². The molecule has 0 spiro atoms. The van der Waals surface area contributed by atoms with E-state index < -0.39 is 0 Å². The normalized spacial score (nSPS) is 10.2. The third-order valence-corrected chi connectivity index (χ3v) is 3.79. The smallest absolute Gasteiger partial charge is 0.115 e. The molecule has 0 saturated carbocycles. The van der Waals surface area contributed by atoms with Crippen LogP contribution < -0.4 is 11.1 Å². The van der Waals surface area contributed by atoms with E-state index in [1.807, 2.05) is 30.3 Å². The molecule has 3 nitrogen and oxygen atoms in total. The highest BCUT2D eigenvalue weighted by Gasteiger charge is 2.03. The lowest BCUT2D eigenvalue weighted by molar-refractivity contribution is 0.475. The highest BCUT2D eigenvalue weighted by Crippen LogP contribution is 2.21. The SMILES string of the molecule is NC(=S)c1ccc(NCCc2ccc(O)cc2)cc1Br. The second-order valence-corrected chi connectivity index (χ2v) is 5.70. The molecular weight excluding hydrogens is 336 g/mol. The summed E-state index contributed by atoms with van der Waals surface area (Å²) in [5.41, 5.74) is 8.64. The van der Waals surface area contributed by atoms with Gasteiger partial charge in [-0.1, -0.05) is 24.4 Å². The van der Waals surface area contributed by atoms with Gasteiger partial charge in [0.05, 0.1) is 0 Å². The van der Waals surface area contributed by atoms with Gasteiger partial charge < -0.3 is 16.2 Å². The molecule has 0 unspecified atom stereocenters. The topological polar surface area (TPSA) is 58.3 Å². The van der Waals surface area contributed by atoms with Crippen molar-refractivity contribution in [2.75, 3.05) is 11.9 Å². The van der Waals surface area contributed by atoms with Gasteiger partial charge >= 0.3 is 0 Å². The number of thiocarbonyl (C=S) groups is 1. The number of hydrogen-bond acceptors (Lipinski definition) is 3. The molecule has 0 bridgehead atoms. The molecule has 5 heteroatoms. The standard InChI is InChI=1S/C15H15BrN2OS/c16-14-9-11(3-6-13(14)15(17)20)18-8-7-10-1-4-12(19)5-2-10/h1-6,9,18-19H,7-8H2,(H2,17,20). The predicted molar refractivity (Wildman–Crippen MR) is 90.3 cm³/mol. The van der Waals surface area contributed by atoms with Gasteiger partial charge in [0.25, 0.3) is 0 Å². The van der Waals surface area contributed by atoms with Crippen LogP contribution in [-0.4, -0.2) is 16.6 Å². The molecule has 0 atom stereocenters. The molecule has 2 rings (SSSR count). The quantitative estimate of drug-likeness (QED) is 0.723. The first-order valence-corrected chi connectivity index (χ1v) is 7.37. The summed E-state index contributed by atoms with van der Waals surface area (Å²) in [5, 5.41) is 12.6. The number of halogens is 1. The monoisotopic (exact) mass is 350 g/mol. The second kappa shape index (κ2) is 6.72. The van der Waals surface area contributed by atoms with E-state index in [4.69, 9.17) is 18.0 Å². The van der Waals surface area contributed by atoms with Crippen molar-refractivity contribution in [2.45, 2.75) is 6.42 Å². The van der Waals surface area contributed by atoms with Crippen molar-refractivity contribution in [2.24, 2.45) is 5.73 Å². The maximum Gasteiger partial charge on any atom is 0.115 e. The van der Waals surface area contributed by atoms with Gasteiger partial charge in [0, 0.05) is 22.3 Å². The van der Waals surface area contributed by atoms with Crippen LogP contribution >= 0.6 is 28.1 Å². The van der Waals surface area contributed by atoms with E-state index in [9.17, 15) is 5.11 Å². The number of anilines is 1. The Morgan fingerprint density at radius 1 is 1.20 bits per heavy atom. The lowest BCUT2D eigenvalue weighted by atomic mass is 10.1. The van der Waals surface area contributed by atoms with Crippen LogP contribution in [0.5, 0.6) is 5.75 Å². The summed E-state index contributed by atoms with van der Waals surface area (Å²) < 4.78 is 0.889. The van der Waals surface area contributed by atoms with Gasteiger partial charge in [-0.25, -0.2) is 0 Å². The Kier molecular flexibility index (Phi) is 4.98. The maximum atomic E-state index is 9.22. The zero-order valence-electron chi connectivity index (χ0n) is 10.8. The molecule has 0 heterocycles. The van der Waals surface area contributed by atoms with Crippen molar-refractivity contribution >= 4 is 38.8 Å². The van der Waals surface area contributed by atoms with Gasteiger partial charge in [0.1, 0.15) is 10.7 Å². The highest BCUT2D eigenvalue weighted by atomic mass is 79.9. The van der Waals surface area contributed by atoms with Gasteiger partial charge in [-0.3, -0.25) is 0 Å². The van der Waals surface area contributed by atoms with Gasteiger partial charge in [0.2, 0.25) is 0 Å². The summed E-state index contributed by atoms with van der Waals surface area (Å²) in [4.78, 5) is 0.382. The fourth-order valence-electron chi connectivity index (χ4n) is 1.84. The molecule has 20 heavy (non-hydrogen) atoms. The van der Waals surface area contributed by atoms with E-state index in [0.29, 0.717) is 10.7 Å². The molecular formula is C15H15BrN2OS. The van der Waals surface area contributed by atoms with E-state index >= 15 is 0 Å². The first kappa shape index (κ1) is 14.8. The Bertz CT molecular complexity index is 614. The molecule has 0 saturated heterocycles. The van der Waals surface area contributed by atoms with Gasteiger partial charge in [0.15, 0.2) is 0 Å². The molecule has 0 amide bonds. The zero-order chi connectivity index (χ0) is 14.5. The minimum atomic E-state index is 0.291. The van der Waals surface area contributed by atoms with Crippen LogP contribution in [0.15, 0.2) is 46.9 Å². The van der Waals surface area contributed by atoms with E-state index in [2.05, 4.69) is 21.2 Å². The minimum Gasteiger partial charge on any atom is -0.508 e. The molecule has 4 N–H and O–H groups in total. The Hall–Kier alpha value is -1.59. The largest absolute Gasteiger partial charge is 0.508 e. The molecule has 2 aromatic rings. The first-order chi connectivity index (χ1) is 9.56. The van der Waals surface area contributed by atoms with Crippen LogP contribution in [0, 0.1) is 0 Å².